The molecule has 0 aromatic carbocycles. The molecule has 2 N–H and O–H groups in total. The molecular weight excluding hydrogens is 138 g/mol. The number of hydrogen-bond donors (Lipinski definition) is 1. The average Bonchev–Trinajstić information content (AvgIpc) is 2.07. The van der Waals surface area contributed by atoms with Gasteiger partial charge in [0.05, 0.1) is 0 Å². The summed E-state index contributed by atoms with van der Waals surface area (Å²) in [5.74, 6) is 0. The maximum Gasteiger partial charge on any atom is 0.0471 e. The Morgan fingerprint density at radius 2 is 2.09 bits per heavy atom. The minimum Gasteiger partial charge on any atom is -0.381 e. The Balaban J connectivity index is 2.49. The first-order valence-electron chi connectivity index (χ1n) is 4.22. The van der Waals surface area contributed by atoms with E-state index in [2.05, 4.69) is 6.58 Å². The Morgan fingerprint density at radius 1 is 1.45 bits per heavy atom. The van der Waals surface area contributed by atoms with Gasteiger partial charge >= 0.3 is 0 Å². The first-order valence-corrected chi connectivity index (χ1v) is 4.22. The monoisotopic (exact) mass is 155 g/mol. The fourth-order valence-corrected chi connectivity index (χ4v) is 1.60. The normalized spacial score (nSPS) is 23.0. The van der Waals surface area contributed by atoms with Crippen molar-refractivity contribution in [2.75, 3.05) is 19.8 Å². The molecule has 0 aliphatic carbocycles. The first kappa shape index (κ1) is 8.75. The molecular formula is C9H17NO. The van der Waals surface area contributed by atoms with Crippen LogP contribution in [0.3, 0.4) is 0 Å². The van der Waals surface area contributed by atoms with E-state index in [9.17, 15) is 0 Å². The predicted molar refractivity (Wildman–Crippen MR) is 46.4 cm³/mol. The van der Waals surface area contributed by atoms with Crippen molar-refractivity contribution in [3.63, 3.8) is 0 Å². The van der Waals surface area contributed by atoms with Crippen LogP contribution in [0.15, 0.2) is 12.7 Å². The van der Waals surface area contributed by atoms with Crippen LogP contribution in [0.5, 0.6) is 0 Å². The summed E-state index contributed by atoms with van der Waals surface area (Å²) in [6.07, 6.45) is 5.19. The van der Waals surface area contributed by atoms with Gasteiger partial charge in [-0.2, -0.15) is 0 Å². The summed E-state index contributed by atoms with van der Waals surface area (Å²) in [7, 11) is 0. The van der Waals surface area contributed by atoms with Gasteiger partial charge in [-0.3, -0.25) is 0 Å². The molecule has 2 heteroatoms. The topological polar surface area (TPSA) is 35.2 Å². The predicted octanol–water partition coefficient (Wildman–Crippen LogP) is 1.32. The molecule has 0 aromatic rings. The molecule has 1 rings (SSSR count). The highest BCUT2D eigenvalue weighted by atomic mass is 16.5. The largest absolute Gasteiger partial charge is 0.381 e. The van der Waals surface area contributed by atoms with Gasteiger partial charge < -0.3 is 10.5 Å². The van der Waals surface area contributed by atoms with Crippen LogP contribution in [0, 0.1) is 5.41 Å². The van der Waals surface area contributed by atoms with E-state index >= 15 is 0 Å². The number of hydrogen-bond acceptors (Lipinski definition) is 2. The molecule has 0 aromatic heterocycles. The smallest absolute Gasteiger partial charge is 0.0471 e. The molecule has 1 saturated heterocycles. The van der Waals surface area contributed by atoms with Crippen LogP contribution in [0.1, 0.15) is 19.3 Å². The highest BCUT2D eigenvalue weighted by Crippen LogP contribution is 2.32. The van der Waals surface area contributed by atoms with Gasteiger partial charge in [-0.05, 0) is 31.2 Å². The van der Waals surface area contributed by atoms with Crippen LogP contribution in [-0.2, 0) is 4.74 Å². The molecule has 0 unspecified atom stereocenters. The Hall–Kier alpha value is -0.340. The van der Waals surface area contributed by atoms with E-state index < -0.39 is 0 Å². The van der Waals surface area contributed by atoms with Gasteiger partial charge in [0.15, 0.2) is 0 Å². The SMILES string of the molecule is C=CCC1(CN)CCOCC1. The third-order valence-corrected chi connectivity index (χ3v) is 2.56. The summed E-state index contributed by atoms with van der Waals surface area (Å²) < 4.78 is 5.28. The van der Waals surface area contributed by atoms with E-state index in [4.69, 9.17) is 10.5 Å². The van der Waals surface area contributed by atoms with Gasteiger partial charge in [0.25, 0.3) is 0 Å². The molecule has 1 aliphatic rings. The number of allylic oxidation sites excluding steroid dienone is 1. The first-order chi connectivity index (χ1) is 5.33. The highest BCUT2D eigenvalue weighted by molar-refractivity contribution is 4.88. The minimum atomic E-state index is 0.306. The third kappa shape index (κ3) is 2.04. The van der Waals surface area contributed by atoms with Gasteiger partial charge in [-0.1, -0.05) is 6.08 Å². The summed E-state index contributed by atoms with van der Waals surface area (Å²) in [4.78, 5) is 0. The molecule has 1 heterocycles. The second-order valence-electron chi connectivity index (χ2n) is 3.31. The van der Waals surface area contributed by atoms with E-state index in [0.717, 1.165) is 39.0 Å². The van der Waals surface area contributed by atoms with Crippen molar-refractivity contribution < 1.29 is 4.74 Å². The molecule has 11 heavy (non-hydrogen) atoms. The van der Waals surface area contributed by atoms with Crippen molar-refractivity contribution in [2.45, 2.75) is 19.3 Å². The van der Waals surface area contributed by atoms with Gasteiger partial charge in [-0.15, -0.1) is 6.58 Å². The van der Waals surface area contributed by atoms with Crippen LogP contribution >= 0.6 is 0 Å². The van der Waals surface area contributed by atoms with Gasteiger partial charge in [0, 0.05) is 13.2 Å². The van der Waals surface area contributed by atoms with Crippen molar-refractivity contribution in [1.29, 1.82) is 0 Å². The molecule has 0 atom stereocenters. The lowest BCUT2D eigenvalue weighted by Crippen LogP contribution is -2.36. The maximum atomic E-state index is 5.72. The van der Waals surface area contributed by atoms with Crippen molar-refractivity contribution >= 4 is 0 Å². The van der Waals surface area contributed by atoms with E-state index in [0.29, 0.717) is 5.41 Å². The van der Waals surface area contributed by atoms with Gasteiger partial charge in [-0.25, -0.2) is 0 Å². The Labute approximate surface area is 68.4 Å². The Bertz CT molecular complexity index is 128. The standard InChI is InChI=1S/C9H17NO/c1-2-3-9(8-10)4-6-11-7-5-9/h2H,1,3-8,10H2. The summed E-state index contributed by atoms with van der Waals surface area (Å²) in [5.41, 5.74) is 6.03. The second kappa shape index (κ2) is 3.88. The zero-order chi connectivity index (χ0) is 8.16. The fraction of sp³-hybridized carbons (Fsp3) is 0.778. The summed E-state index contributed by atoms with van der Waals surface area (Å²) in [5, 5.41) is 0. The second-order valence-corrected chi connectivity index (χ2v) is 3.31. The number of nitrogens with two attached hydrogens (primary N) is 1. The average molecular weight is 155 g/mol. The zero-order valence-electron chi connectivity index (χ0n) is 7.01. The van der Waals surface area contributed by atoms with E-state index in [1.807, 2.05) is 6.08 Å². The number of ether oxygens (including phenoxy) is 1. The fourth-order valence-electron chi connectivity index (χ4n) is 1.60. The van der Waals surface area contributed by atoms with Gasteiger partial charge in [0.2, 0.25) is 0 Å². The van der Waals surface area contributed by atoms with Gasteiger partial charge in [0.1, 0.15) is 0 Å². The van der Waals surface area contributed by atoms with Crippen LogP contribution < -0.4 is 5.73 Å². The van der Waals surface area contributed by atoms with Crippen LogP contribution in [0.25, 0.3) is 0 Å². The molecule has 0 spiro atoms. The molecule has 1 aliphatic heterocycles. The molecule has 1 fully saturated rings. The minimum absolute atomic E-state index is 0.306. The van der Waals surface area contributed by atoms with E-state index in [1.165, 1.54) is 0 Å². The Kier molecular flexibility index (Phi) is 3.09. The van der Waals surface area contributed by atoms with Crippen molar-refractivity contribution in [3.05, 3.63) is 12.7 Å². The summed E-state index contributed by atoms with van der Waals surface area (Å²) in [6.45, 7) is 6.25. The third-order valence-electron chi connectivity index (χ3n) is 2.56. The zero-order valence-corrected chi connectivity index (χ0v) is 7.01. The summed E-state index contributed by atoms with van der Waals surface area (Å²) in [6, 6.07) is 0. The lowest BCUT2D eigenvalue weighted by molar-refractivity contribution is 0.0204. The van der Waals surface area contributed by atoms with Crippen molar-refractivity contribution in [1.82, 2.24) is 0 Å². The van der Waals surface area contributed by atoms with Crippen molar-refractivity contribution in [2.24, 2.45) is 11.1 Å². The Morgan fingerprint density at radius 3 is 2.55 bits per heavy atom. The lowest BCUT2D eigenvalue weighted by atomic mass is 9.77. The molecule has 0 saturated carbocycles. The molecule has 0 amide bonds. The van der Waals surface area contributed by atoms with Crippen LogP contribution in [-0.4, -0.2) is 19.8 Å². The van der Waals surface area contributed by atoms with E-state index in [1.54, 1.807) is 0 Å². The quantitative estimate of drug-likeness (QED) is 0.624. The van der Waals surface area contributed by atoms with E-state index in [-0.39, 0.29) is 0 Å². The maximum absolute atomic E-state index is 5.72. The van der Waals surface area contributed by atoms with Crippen LogP contribution in [0.4, 0.5) is 0 Å². The molecule has 64 valence electrons. The number of rotatable bonds is 3. The molecule has 2 nitrogen and oxygen atoms in total. The molecule has 0 radical (unpaired) electrons. The lowest BCUT2D eigenvalue weighted by Gasteiger charge is -2.35. The van der Waals surface area contributed by atoms with Crippen LogP contribution in [0.2, 0.25) is 0 Å². The molecule has 0 bridgehead atoms. The highest BCUT2D eigenvalue weighted by Gasteiger charge is 2.29. The van der Waals surface area contributed by atoms with Crippen molar-refractivity contribution in [3.8, 4) is 0 Å². The summed E-state index contributed by atoms with van der Waals surface area (Å²) >= 11 is 0.